The van der Waals surface area contributed by atoms with E-state index >= 15 is 0 Å². The molecule has 0 bridgehead atoms. The summed E-state index contributed by atoms with van der Waals surface area (Å²) in [4.78, 5) is 18.8. The maximum Gasteiger partial charge on any atom is 0.187 e. The SMILES string of the molecule is [C-]#[N+]c1ccc(-c2cccc(-c3nc(-c4ccccc4)nc(-c4ccccc4)n3)c2)c(-c2cccc(-c3ccccc3-c3cccc4c3-c3cccc5cccc-4c35)c2)c1. The molecule has 0 aliphatic heterocycles. The van der Waals surface area contributed by atoms with Crippen molar-refractivity contribution in [3.8, 4) is 101 Å². The number of nitrogens with zero attached hydrogens (tertiary/aromatic N) is 4. The van der Waals surface area contributed by atoms with Crippen LogP contribution in [-0.2, 0) is 0 Å². The minimum atomic E-state index is 0.585. The molecule has 10 aromatic rings. The molecule has 1 heterocycles. The van der Waals surface area contributed by atoms with E-state index in [2.05, 4.69) is 132 Å². The van der Waals surface area contributed by atoms with E-state index in [9.17, 15) is 0 Å². The summed E-state index contributed by atoms with van der Waals surface area (Å²) >= 11 is 0. The highest BCUT2D eigenvalue weighted by molar-refractivity contribution is 6.18. The van der Waals surface area contributed by atoms with Gasteiger partial charge in [0.15, 0.2) is 23.2 Å². The van der Waals surface area contributed by atoms with Crippen molar-refractivity contribution >= 4 is 16.5 Å². The second-order valence-electron chi connectivity index (χ2n) is 15.0. The van der Waals surface area contributed by atoms with Crippen molar-refractivity contribution in [3.63, 3.8) is 0 Å². The Hall–Kier alpha value is -8.26. The first-order valence-corrected chi connectivity index (χ1v) is 20.1. The van der Waals surface area contributed by atoms with Gasteiger partial charge in [-0.1, -0.05) is 188 Å². The number of hydrogen-bond donors (Lipinski definition) is 0. The zero-order valence-corrected chi connectivity index (χ0v) is 32.4. The summed E-state index contributed by atoms with van der Waals surface area (Å²) in [5.41, 5.74) is 17.1. The van der Waals surface area contributed by atoms with E-state index in [0.717, 1.165) is 50.1 Å². The van der Waals surface area contributed by atoms with Gasteiger partial charge in [0.05, 0.1) is 6.57 Å². The molecule has 4 nitrogen and oxygen atoms in total. The van der Waals surface area contributed by atoms with Crippen molar-refractivity contribution in [3.05, 3.63) is 218 Å². The molecule has 278 valence electrons. The lowest BCUT2D eigenvalue weighted by Gasteiger charge is -2.17. The summed E-state index contributed by atoms with van der Waals surface area (Å²) in [6.07, 6.45) is 0. The molecule has 0 atom stereocenters. The van der Waals surface area contributed by atoms with E-state index < -0.39 is 0 Å². The Morgan fingerprint density at radius 3 is 1.38 bits per heavy atom. The van der Waals surface area contributed by atoms with E-state index in [-0.39, 0.29) is 0 Å². The monoisotopic (exact) mass is 762 g/mol. The molecule has 0 fully saturated rings. The lowest BCUT2D eigenvalue weighted by Crippen LogP contribution is -2.00. The Balaban J connectivity index is 1.02. The molecule has 0 spiro atoms. The van der Waals surface area contributed by atoms with Crippen LogP contribution in [0.5, 0.6) is 0 Å². The average molecular weight is 763 g/mol. The van der Waals surface area contributed by atoms with Gasteiger partial charge in [0.2, 0.25) is 0 Å². The third-order valence-corrected chi connectivity index (χ3v) is 11.5. The van der Waals surface area contributed by atoms with Gasteiger partial charge in [0.25, 0.3) is 0 Å². The molecule has 1 aromatic heterocycles. The number of aromatic nitrogens is 3. The third-order valence-electron chi connectivity index (χ3n) is 11.5. The summed E-state index contributed by atoms with van der Waals surface area (Å²) in [7, 11) is 0. The summed E-state index contributed by atoms with van der Waals surface area (Å²) in [5, 5.41) is 2.58. The van der Waals surface area contributed by atoms with Crippen LogP contribution in [0, 0.1) is 6.57 Å². The van der Waals surface area contributed by atoms with Crippen LogP contribution < -0.4 is 0 Å². The number of rotatable bonds is 7. The quantitative estimate of drug-likeness (QED) is 0.152. The molecule has 1 aliphatic rings. The maximum atomic E-state index is 7.96. The first-order chi connectivity index (χ1) is 29.7. The van der Waals surface area contributed by atoms with E-state index in [1.807, 2.05) is 78.9 Å². The fourth-order valence-electron chi connectivity index (χ4n) is 8.74. The van der Waals surface area contributed by atoms with Crippen molar-refractivity contribution in [2.75, 3.05) is 0 Å². The smallest absolute Gasteiger partial charge is 0.187 e. The minimum absolute atomic E-state index is 0.585. The second kappa shape index (κ2) is 14.6. The van der Waals surface area contributed by atoms with Crippen LogP contribution in [0.2, 0.25) is 0 Å². The molecule has 0 N–H and O–H groups in total. The van der Waals surface area contributed by atoms with Crippen LogP contribution in [0.4, 0.5) is 5.69 Å². The molecule has 9 aromatic carbocycles. The van der Waals surface area contributed by atoms with Crippen molar-refractivity contribution in [2.24, 2.45) is 0 Å². The highest BCUT2D eigenvalue weighted by Gasteiger charge is 2.25. The Kier molecular flexibility index (Phi) is 8.50. The lowest BCUT2D eigenvalue weighted by molar-refractivity contribution is 1.07. The van der Waals surface area contributed by atoms with Gasteiger partial charge in [-0.2, -0.15) is 0 Å². The highest BCUT2D eigenvalue weighted by atomic mass is 15.0. The standard InChI is InChI=1S/C56H34N4/c1-57-43-31-32-45(40-22-11-24-42(34-40)56-59-54(37-15-4-2-5-16-37)58-55(60-56)38-17-6-3-7-18-38)51(35-43)41-23-10-21-39(33-41)44-25-8-9-26-46(44)47-28-14-29-49-48-27-12-19-36-20-13-30-50(52(36)48)53(47)49/h2-35H. The maximum absolute atomic E-state index is 7.96. The van der Waals surface area contributed by atoms with Gasteiger partial charge >= 0.3 is 0 Å². The van der Waals surface area contributed by atoms with Crippen LogP contribution in [0.1, 0.15) is 0 Å². The Labute approximate surface area is 348 Å². The molecular formula is C56H34N4. The van der Waals surface area contributed by atoms with Gasteiger partial charge in [0, 0.05) is 16.7 Å². The molecule has 0 unspecified atom stereocenters. The molecule has 0 saturated carbocycles. The molecule has 11 rings (SSSR count). The highest BCUT2D eigenvalue weighted by Crippen LogP contribution is 2.52. The predicted octanol–water partition coefficient (Wildman–Crippen LogP) is 14.9. The largest absolute Gasteiger partial charge is 0.238 e. The van der Waals surface area contributed by atoms with Gasteiger partial charge in [-0.25, -0.2) is 19.8 Å². The zero-order valence-electron chi connectivity index (χ0n) is 32.4. The van der Waals surface area contributed by atoms with Crippen LogP contribution in [-0.4, -0.2) is 15.0 Å². The normalized spacial score (nSPS) is 11.3. The fourth-order valence-corrected chi connectivity index (χ4v) is 8.74. The average Bonchev–Trinajstić information content (AvgIpc) is 3.67. The van der Waals surface area contributed by atoms with Gasteiger partial charge in [-0.3, -0.25) is 0 Å². The molecule has 0 radical (unpaired) electrons. The van der Waals surface area contributed by atoms with Crippen molar-refractivity contribution < 1.29 is 0 Å². The van der Waals surface area contributed by atoms with Crippen molar-refractivity contribution in [1.82, 2.24) is 15.0 Å². The summed E-state index contributed by atoms with van der Waals surface area (Å²) in [6.45, 7) is 7.96. The van der Waals surface area contributed by atoms with Crippen molar-refractivity contribution in [1.29, 1.82) is 0 Å². The van der Waals surface area contributed by atoms with Crippen LogP contribution in [0.25, 0.3) is 117 Å². The Morgan fingerprint density at radius 1 is 0.300 bits per heavy atom. The van der Waals surface area contributed by atoms with Crippen LogP contribution in [0.3, 0.4) is 0 Å². The molecule has 1 aliphatic carbocycles. The van der Waals surface area contributed by atoms with E-state index in [1.54, 1.807) is 0 Å². The molecule has 60 heavy (non-hydrogen) atoms. The van der Waals surface area contributed by atoms with Gasteiger partial charge in [-0.05, 0) is 95.7 Å². The van der Waals surface area contributed by atoms with E-state index in [4.69, 9.17) is 21.5 Å². The first-order valence-electron chi connectivity index (χ1n) is 20.1. The molecule has 0 amide bonds. The molecule has 4 heteroatoms. The summed E-state index contributed by atoms with van der Waals surface area (Å²) in [5.74, 6) is 1.83. The van der Waals surface area contributed by atoms with E-state index in [0.29, 0.717) is 23.2 Å². The van der Waals surface area contributed by atoms with Gasteiger partial charge in [-0.15, -0.1) is 0 Å². The van der Waals surface area contributed by atoms with Crippen LogP contribution >= 0.6 is 0 Å². The second-order valence-corrected chi connectivity index (χ2v) is 15.0. The van der Waals surface area contributed by atoms with Gasteiger partial charge < -0.3 is 0 Å². The molecular weight excluding hydrogens is 729 g/mol. The van der Waals surface area contributed by atoms with Crippen molar-refractivity contribution in [2.45, 2.75) is 0 Å². The fraction of sp³-hybridized carbons (Fsp3) is 0. The summed E-state index contributed by atoms with van der Waals surface area (Å²) in [6, 6.07) is 71.8. The van der Waals surface area contributed by atoms with Gasteiger partial charge in [0.1, 0.15) is 0 Å². The first kappa shape index (κ1) is 34.9. The van der Waals surface area contributed by atoms with Crippen LogP contribution in [0.15, 0.2) is 206 Å². The predicted molar refractivity (Wildman–Crippen MR) is 246 cm³/mol. The Bertz CT molecular complexity index is 3260. The number of fused-ring (bicyclic) bond motifs is 3. The van der Waals surface area contributed by atoms with E-state index in [1.165, 1.54) is 44.2 Å². The lowest BCUT2D eigenvalue weighted by atomic mass is 9.87. The molecule has 0 saturated heterocycles. The minimum Gasteiger partial charge on any atom is -0.238 e. The number of hydrogen-bond acceptors (Lipinski definition) is 3. The topological polar surface area (TPSA) is 43.0 Å². The number of benzene rings is 9. The zero-order chi connectivity index (χ0) is 40.0. The summed E-state index contributed by atoms with van der Waals surface area (Å²) < 4.78 is 0. The Morgan fingerprint density at radius 2 is 0.733 bits per heavy atom. The third kappa shape index (κ3) is 6.05.